The van der Waals surface area contributed by atoms with Gasteiger partial charge in [-0.15, -0.1) is 24.0 Å². The Labute approximate surface area is 115 Å². The van der Waals surface area contributed by atoms with Crippen molar-refractivity contribution in [3.63, 3.8) is 0 Å². The summed E-state index contributed by atoms with van der Waals surface area (Å²) in [7, 11) is 0. The molecule has 92 valence electrons. The van der Waals surface area contributed by atoms with Crippen molar-refractivity contribution < 1.29 is 0 Å². The molecule has 1 unspecified atom stereocenters. The molecule has 0 bridgehead atoms. The Balaban J connectivity index is 0. The van der Waals surface area contributed by atoms with E-state index in [0.29, 0.717) is 17.1 Å². The second-order valence-corrected chi connectivity index (χ2v) is 5.16. The molecule has 0 spiro atoms. The maximum atomic E-state index is 5.69. The monoisotopic (exact) mass is 345 g/mol. The summed E-state index contributed by atoms with van der Waals surface area (Å²) < 4.78 is 0. The van der Waals surface area contributed by atoms with Gasteiger partial charge >= 0.3 is 0 Å². The van der Waals surface area contributed by atoms with E-state index in [2.05, 4.69) is 37.3 Å². The zero-order chi connectivity index (χ0) is 11.0. The number of guanidine groups is 1. The molecule has 0 heterocycles. The fraction of sp³-hybridized carbons (Fsp3) is 0.900. The lowest BCUT2D eigenvalue weighted by Gasteiger charge is -2.08. The smallest absolute Gasteiger partial charge is 0.188 e. The first-order valence-corrected chi connectivity index (χ1v) is 6.41. The summed E-state index contributed by atoms with van der Waals surface area (Å²) >= 11 is 1.81. The van der Waals surface area contributed by atoms with Crippen molar-refractivity contribution in [3.8, 4) is 0 Å². The summed E-state index contributed by atoms with van der Waals surface area (Å²) in [6, 6.07) is 0. The fourth-order valence-electron chi connectivity index (χ4n) is 0.846. The minimum atomic E-state index is 0. The van der Waals surface area contributed by atoms with Crippen molar-refractivity contribution >= 4 is 41.7 Å². The van der Waals surface area contributed by atoms with Crippen LogP contribution in [0.25, 0.3) is 0 Å². The van der Waals surface area contributed by atoms with Crippen LogP contribution in [0.4, 0.5) is 0 Å². The van der Waals surface area contributed by atoms with Gasteiger partial charge in [-0.3, -0.25) is 4.99 Å². The lowest BCUT2D eigenvalue weighted by atomic mass is 10.1. The fourth-order valence-corrected chi connectivity index (χ4v) is 1.07. The van der Waals surface area contributed by atoms with E-state index in [0.717, 1.165) is 19.5 Å². The zero-order valence-electron chi connectivity index (χ0n) is 10.1. The summed E-state index contributed by atoms with van der Waals surface area (Å²) in [4.78, 5) is 4.25. The first-order valence-electron chi connectivity index (χ1n) is 5.12. The Morgan fingerprint density at radius 1 is 1.40 bits per heavy atom. The molecule has 0 amide bonds. The average molecular weight is 345 g/mol. The number of nitrogens with two attached hydrogens (primary N) is 1. The summed E-state index contributed by atoms with van der Waals surface area (Å²) in [6.07, 6.45) is 3.22. The van der Waals surface area contributed by atoms with Crippen LogP contribution in [0.3, 0.4) is 0 Å². The van der Waals surface area contributed by atoms with Crippen molar-refractivity contribution in [3.05, 3.63) is 0 Å². The third-order valence-corrected chi connectivity index (χ3v) is 2.90. The number of rotatable bonds is 6. The van der Waals surface area contributed by atoms with E-state index in [-0.39, 0.29) is 24.0 Å². The van der Waals surface area contributed by atoms with Crippen LogP contribution in [0.1, 0.15) is 27.2 Å². The Bertz CT molecular complexity index is 174. The number of nitrogens with zero attached hydrogens (tertiary/aromatic N) is 1. The standard InChI is InChI=1S/C10H23N3S.HI/c1-8(2)5-6-12-10(11)13-7-9(3)14-4;/h8-9H,5-7H2,1-4H3,(H3,11,12,13);1H. The van der Waals surface area contributed by atoms with Crippen molar-refractivity contribution in [1.29, 1.82) is 0 Å². The predicted octanol–water partition coefficient (Wildman–Crippen LogP) is 2.31. The number of nitrogens with one attached hydrogen (secondary N) is 1. The predicted molar refractivity (Wildman–Crippen MR) is 82.3 cm³/mol. The van der Waals surface area contributed by atoms with Crippen LogP contribution in [0, 0.1) is 5.92 Å². The summed E-state index contributed by atoms with van der Waals surface area (Å²) in [6.45, 7) is 8.26. The highest BCUT2D eigenvalue weighted by atomic mass is 127. The quantitative estimate of drug-likeness (QED) is 0.441. The molecule has 3 nitrogen and oxygen atoms in total. The molecular formula is C10H24IN3S. The van der Waals surface area contributed by atoms with Gasteiger partial charge in [0.25, 0.3) is 0 Å². The van der Waals surface area contributed by atoms with Crippen LogP contribution in [0.2, 0.25) is 0 Å². The van der Waals surface area contributed by atoms with Crippen molar-refractivity contribution in [2.24, 2.45) is 16.6 Å². The van der Waals surface area contributed by atoms with Crippen LogP contribution in [0.5, 0.6) is 0 Å². The molecule has 0 aliphatic heterocycles. The minimum Gasteiger partial charge on any atom is -0.370 e. The molecule has 0 aliphatic rings. The summed E-state index contributed by atoms with van der Waals surface area (Å²) in [5.74, 6) is 1.28. The van der Waals surface area contributed by atoms with E-state index in [1.54, 1.807) is 11.8 Å². The highest BCUT2D eigenvalue weighted by Gasteiger charge is 1.98. The molecule has 5 heteroatoms. The summed E-state index contributed by atoms with van der Waals surface area (Å²) in [5, 5.41) is 3.65. The normalized spacial score (nSPS) is 13.5. The number of hydrogen-bond acceptors (Lipinski definition) is 2. The Morgan fingerprint density at radius 3 is 2.47 bits per heavy atom. The van der Waals surface area contributed by atoms with E-state index in [1.165, 1.54) is 0 Å². The number of hydrogen-bond donors (Lipinski definition) is 2. The van der Waals surface area contributed by atoms with Gasteiger partial charge in [-0.1, -0.05) is 20.8 Å². The van der Waals surface area contributed by atoms with Crippen molar-refractivity contribution in [2.45, 2.75) is 32.4 Å². The first-order chi connectivity index (χ1) is 6.56. The molecule has 0 aliphatic carbocycles. The van der Waals surface area contributed by atoms with Crippen LogP contribution in [-0.2, 0) is 0 Å². The second-order valence-electron chi connectivity index (χ2n) is 3.88. The Morgan fingerprint density at radius 2 is 2.00 bits per heavy atom. The SMILES string of the molecule is CSC(C)CN=C(N)NCCC(C)C.I. The van der Waals surface area contributed by atoms with Gasteiger partial charge < -0.3 is 11.1 Å². The topological polar surface area (TPSA) is 50.4 Å². The number of aliphatic imine (C=N–C) groups is 1. The molecule has 0 rings (SSSR count). The minimum absolute atomic E-state index is 0. The Hall–Kier alpha value is 0.350. The van der Waals surface area contributed by atoms with Crippen LogP contribution < -0.4 is 11.1 Å². The molecule has 0 fully saturated rings. The lowest BCUT2D eigenvalue weighted by molar-refractivity contribution is 0.576. The highest BCUT2D eigenvalue weighted by molar-refractivity contribution is 14.0. The molecular weight excluding hydrogens is 321 g/mol. The van der Waals surface area contributed by atoms with Crippen LogP contribution in [-0.4, -0.2) is 30.6 Å². The van der Waals surface area contributed by atoms with Gasteiger partial charge in [0.2, 0.25) is 0 Å². The molecule has 0 radical (unpaired) electrons. The maximum Gasteiger partial charge on any atom is 0.188 e. The number of halogens is 1. The van der Waals surface area contributed by atoms with E-state index in [1.807, 2.05) is 0 Å². The van der Waals surface area contributed by atoms with Gasteiger partial charge in [-0.2, -0.15) is 11.8 Å². The van der Waals surface area contributed by atoms with Gasteiger partial charge in [-0.05, 0) is 18.6 Å². The molecule has 1 atom stereocenters. The molecule has 15 heavy (non-hydrogen) atoms. The first kappa shape index (κ1) is 17.7. The molecule has 0 saturated carbocycles. The number of thioether (sulfide) groups is 1. The highest BCUT2D eigenvalue weighted by Crippen LogP contribution is 2.04. The van der Waals surface area contributed by atoms with Gasteiger partial charge in [-0.25, -0.2) is 0 Å². The van der Waals surface area contributed by atoms with E-state index in [9.17, 15) is 0 Å². The second kappa shape index (κ2) is 10.9. The van der Waals surface area contributed by atoms with Gasteiger partial charge in [0, 0.05) is 11.8 Å². The van der Waals surface area contributed by atoms with Gasteiger partial charge in [0.05, 0.1) is 6.54 Å². The Kier molecular flexibility index (Phi) is 12.8. The summed E-state index contributed by atoms with van der Waals surface area (Å²) in [5.41, 5.74) is 5.69. The molecule has 0 aromatic rings. The molecule has 0 aromatic heterocycles. The average Bonchev–Trinajstić information content (AvgIpc) is 2.13. The third kappa shape index (κ3) is 12.3. The molecule has 0 aromatic carbocycles. The van der Waals surface area contributed by atoms with E-state index < -0.39 is 0 Å². The van der Waals surface area contributed by atoms with Gasteiger partial charge in [0.15, 0.2) is 5.96 Å². The molecule has 0 saturated heterocycles. The third-order valence-electron chi connectivity index (χ3n) is 1.95. The van der Waals surface area contributed by atoms with Gasteiger partial charge in [0.1, 0.15) is 0 Å². The maximum absolute atomic E-state index is 5.69. The van der Waals surface area contributed by atoms with E-state index >= 15 is 0 Å². The van der Waals surface area contributed by atoms with Crippen LogP contribution >= 0.6 is 35.7 Å². The molecule has 3 N–H and O–H groups in total. The zero-order valence-corrected chi connectivity index (χ0v) is 13.3. The van der Waals surface area contributed by atoms with Crippen molar-refractivity contribution in [2.75, 3.05) is 19.3 Å². The largest absolute Gasteiger partial charge is 0.370 e. The lowest BCUT2D eigenvalue weighted by Crippen LogP contribution is -2.33. The van der Waals surface area contributed by atoms with E-state index in [4.69, 9.17) is 5.73 Å². The van der Waals surface area contributed by atoms with Crippen molar-refractivity contribution in [1.82, 2.24) is 5.32 Å². The van der Waals surface area contributed by atoms with Crippen LogP contribution in [0.15, 0.2) is 4.99 Å².